The molecule has 0 saturated carbocycles. The zero-order chi connectivity index (χ0) is 19.2. The summed E-state index contributed by atoms with van der Waals surface area (Å²) in [5.41, 5.74) is 7.37. The van der Waals surface area contributed by atoms with Crippen LogP contribution in [0.4, 0.5) is 0 Å². The summed E-state index contributed by atoms with van der Waals surface area (Å²) in [6.07, 6.45) is 7.17. The average molecular weight is 375 g/mol. The standard InChI is InChI=1S/C22H38N4O/c1-2-27-18-8-14-25-22(23)24-13-6-7-15-26-16-11-21(12-17-26)19-20-9-4-3-5-10-20/h3-5,9-10,21H,2,6-8,11-19H2,1H3,(H3,23,24,25). The van der Waals surface area contributed by atoms with Gasteiger partial charge in [0.1, 0.15) is 0 Å². The van der Waals surface area contributed by atoms with E-state index in [9.17, 15) is 0 Å². The van der Waals surface area contributed by atoms with E-state index in [-0.39, 0.29) is 0 Å². The molecule has 0 amide bonds. The molecular weight excluding hydrogens is 336 g/mol. The van der Waals surface area contributed by atoms with Gasteiger partial charge in [-0.15, -0.1) is 0 Å². The van der Waals surface area contributed by atoms with Crippen molar-refractivity contribution in [2.75, 3.05) is 45.9 Å². The van der Waals surface area contributed by atoms with Gasteiger partial charge in [-0.1, -0.05) is 30.3 Å². The molecule has 0 aliphatic carbocycles. The molecule has 0 unspecified atom stereocenters. The maximum Gasteiger partial charge on any atom is 0.188 e. The van der Waals surface area contributed by atoms with Crippen molar-refractivity contribution in [3.05, 3.63) is 35.9 Å². The molecule has 5 heteroatoms. The summed E-state index contributed by atoms with van der Waals surface area (Å²) in [5, 5.41) is 3.21. The highest BCUT2D eigenvalue weighted by molar-refractivity contribution is 5.77. The number of unbranched alkanes of at least 4 members (excludes halogenated alkanes) is 1. The van der Waals surface area contributed by atoms with Crippen LogP contribution in [0.5, 0.6) is 0 Å². The molecular formula is C22H38N4O. The predicted molar refractivity (Wildman–Crippen MR) is 114 cm³/mol. The minimum Gasteiger partial charge on any atom is -0.382 e. The summed E-state index contributed by atoms with van der Waals surface area (Å²) in [5.74, 6) is 1.41. The molecule has 5 nitrogen and oxygen atoms in total. The largest absolute Gasteiger partial charge is 0.382 e. The van der Waals surface area contributed by atoms with Crippen LogP contribution in [0.15, 0.2) is 35.3 Å². The number of nitrogens with two attached hydrogens (primary N) is 1. The molecule has 1 saturated heterocycles. The number of nitrogens with zero attached hydrogens (tertiary/aromatic N) is 2. The third-order valence-corrected chi connectivity index (χ3v) is 5.21. The normalized spacial score (nSPS) is 16.6. The quantitative estimate of drug-likeness (QED) is 0.335. The lowest BCUT2D eigenvalue weighted by Crippen LogP contribution is -2.36. The summed E-state index contributed by atoms with van der Waals surface area (Å²) in [6, 6.07) is 10.9. The van der Waals surface area contributed by atoms with Gasteiger partial charge in [-0.25, -0.2) is 0 Å². The fraction of sp³-hybridized carbons (Fsp3) is 0.682. The SMILES string of the molecule is CCOCCCN=C(N)NCCCCN1CCC(Cc2ccccc2)CC1. The molecule has 1 aliphatic heterocycles. The van der Waals surface area contributed by atoms with Gasteiger partial charge in [0, 0.05) is 26.3 Å². The van der Waals surface area contributed by atoms with Gasteiger partial charge in [0.25, 0.3) is 0 Å². The second kappa shape index (κ2) is 13.6. The van der Waals surface area contributed by atoms with E-state index in [1.165, 1.54) is 50.9 Å². The molecule has 0 spiro atoms. The van der Waals surface area contributed by atoms with Crippen molar-refractivity contribution < 1.29 is 4.74 Å². The van der Waals surface area contributed by atoms with Crippen LogP contribution in [0.1, 0.15) is 44.6 Å². The number of guanidine groups is 1. The van der Waals surface area contributed by atoms with Crippen LogP contribution >= 0.6 is 0 Å². The Morgan fingerprint density at radius 3 is 2.70 bits per heavy atom. The third-order valence-electron chi connectivity index (χ3n) is 5.21. The Balaban J connectivity index is 1.47. The van der Waals surface area contributed by atoms with E-state index < -0.39 is 0 Å². The lowest BCUT2D eigenvalue weighted by Gasteiger charge is -2.32. The maximum atomic E-state index is 5.88. The Hall–Kier alpha value is -1.59. The van der Waals surface area contributed by atoms with Crippen LogP contribution in [-0.4, -0.2) is 56.8 Å². The van der Waals surface area contributed by atoms with Crippen molar-refractivity contribution in [1.29, 1.82) is 0 Å². The highest BCUT2D eigenvalue weighted by Crippen LogP contribution is 2.21. The molecule has 152 valence electrons. The number of likely N-dealkylation sites (tertiary alicyclic amines) is 1. The number of benzene rings is 1. The van der Waals surface area contributed by atoms with Gasteiger partial charge in [-0.3, -0.25) is 4.99 Å². The molecule has 1 aliphatic rings. The first-order valence-electron chi connectivity index (χ1n) is 10.7. The number of rotatable bonds is 12. The molecule has 0 radical (unpaired) electrons. The Labute approximate surface area is 165 Å². The van der Waals surface area contributed by atoms with Crippen LogP contribution in [0.3, 0.4) is 0 Å². The van der Waals surface area contributed by atoms with Crippen molar-refractivity contribution in [1.82, 2.24) is 10.2 Å². The summed E-state index contributed by atoms with van der Waals surface area (Å²) >= 11 is 0. The number of piperidine rings is 1. The highest BCUT2D eigenvalue weighted by Gasteiger charge is 2.18. The van der Waals surface area contributed by atoms with Gasteiger partial charge in [0.05, 0.1) is 0 Å². The second-order valence-electron chi connectivity index (χ2n) is 7.43. The van der Waals surface area contributed by atoms with Crippen molar-refractivity contribution in [3.8, 4) is 0 Å². The van der Waals surface area contributed by atoms with Gasteiger partial charge in [-0.2, -0.15) is 0 Å². The topological polar surface area (TPSA) is 62.9 Å². The molecule has 27 heavy (non-hydrogen) atoms. The van der Waals surface area contributed by atoms with Crippen molar-refractivity contribution in [2.24, 2.45) is 16.6 Å². The van der Waals surface area contributed by atoms with Gasteiger partial charge in [0.2, 0.25) is 0 Å². The number of ether oxygens (including phenoxy) is 1. The maximum absolute atomic E-state index is 5.88. The molecule has 1 aromatic carbocycles. The molecule has 1 heterocycles. The van der Waals surface area contributed by atoms with Crippen molar-refractivity contribution in [2.45, 2.75) is 45.4 Å². The van der Waals surface area contributed by atoms with Gasteiger partial charge >= 0.3 is 0 Å². The van der Waals surface area contributed by atoms with Gasteiger partial charge in [-0.05, 0) is 76.6 Å². The minimum absolute atomic E-state index is 0.563. The van der Waals surface area contributed by atoms with E-state index in [0.717, 1.165) is 45.1 Å². The van der Waals surface area contributed by atoms with E-state index in [2.05, 4.69) is 45.5 Å². The smallest absolute Gasteiger partial charge is 0.188 e. The Kier molecular flexibility index (Phi) is 10.9. The lowest BCUT2D eigenvalue weighted by molar-refractivity contribution is 0.146. The van der Waals surface area contributed by atoms with E-state index in [0.29, 0.717) is 5.96 Å². The minimum atomic E-state index is 0.563. The molecule has 2 rings (SSSR count). The average Bonchev–Trinajstić information content (AvgIpc) is 2.69. The van der Waals surface area contributed by atoms with Crippen LogP contribution in [-0.2, 0) is 11.2 Å². The summed E-state index contributed by atoms with van der Waals surface area (Å²) in [6.45, 7) is 8.86. The summed E-state index contributed by atoms with van der Waals surface area (Å²) in [7, 11) is 0. The van der Waals surface area contributed by atoms with Crippen molar-refractivity contribution >= 4 is 5.96 Å². The van der Waals surface area contributed by atoms with E-state index in [4.69, 9.17) is 10.5 Å². The first-order valence-corrected chi connectivity index (χ1v) is 10.7. The van der Waals surface area contributed by atoms with Gasteiger partial charge in [0.15, 0.2) is 5.96 Å². The van der Waals surface area contributed by atoms with Crippen LogP contribution in [0.25, 0.3) is 0 Å². The summed E-state index contributed by atoms with van der Waals surface area (Å²) in [4.78, 5) is 6.94. The van der Waals surface area contributed by atoms with Gasteiger partial charge < -0.3 is 20.7 Å². The van der Waals surface area contributed by atoms with Crippen LogP contribution in [0.2, 0.25) is 0 Å². The molecule has 1 fully saturated rings. The molecule has 0 atom stereocenters. The van der Waals surface area contributed by atoms with E-state index in [1.54, 1.807) is 0 Å². The molecule has 0 bridgehead atoms. The monoisotopic (exact) mass is 374 g/mol. The highest BCUT2D eigenvalue weighted by atomic mass is 16.5. The Morgan fingerprint density at radius 1 is 1.19 bits per heavy atom. The fourth-order valence-electron chi connectivity index (χ4n) is 3.60. The zero-order valence-corrected chi connectivity index (χ0v) is 17.0. The zero-order valence-electron chi connectivity index (χ0n) is 17.0. The number of hydrogen-bond donors (Lipinski definition) is 2. The summed E-state index contributed by atoms with van der Waals surface area (Å²) < 4.78 is 5.29. The Bertz CT molecular complexity index is 512. The fourth-order valence-corrected chi connectivity index (χ4v) is 3.60. The van der Waals surface area contributed by atoms with E-state index in [1.807, 2.05) is 6.92 Å². The van der Waals surface area contributed by atoms with Crippen LogP contribution in [0, 0.1) is 5.92 Å². The number of hydrogen-bond acceptors (Lipinski definition) is 3. The predicted octanol–water partition coefficient (Wildman–Crippen LogP) is 3.05. The van der Waals surface area contributed by atoms with E-state index >= 15 is 0 Å². The lowest BCUT2D eigenvalue weighted by atomic mass is 9.90. The Morgan fingerprint density at radius 2 is 1.96 bits per heavy atom. The molecule has 1 aromatic rings. The first kappa shape index (κ1) is 21.7. The third kappa shape index (κ3) is 9.78. The molecule has 3 N–H and O–H groups in total. The number of nitrogens with one attached hydrogen (secondary N) is 1. The molecule has 0 aromatic heterocycles. The van der Waals surface area contributed by atoms with Crippen LogP contribution < -0.4 is 11.1 Å². The second-order valence-corrected chi connectivity index (χ2v) is 7.43. The first-order chi connectivity index (χ1) is 13.3. The van der Waals surface area contributed by atoms with Crippen molar-refractivity contribution in [3.63, 3.8) is 0 Å². The number of aliphatic imine (C=N–C) groups is 1.